The van der Waals surface area contributed by atoms with Crippen molar-refractivity contribution < 1.29 is 0 Å². The van der Waals surface area contributed by atoms with E-state index in [4.69, 9.17) is 0 Å². The van der Waals surface area contributed by atoms with Crippen LogP contribution >= 0.6 is 0 Å². The molecule has 2 aromatic carbocycles. The van der Waals surface area contributed by atoms with Crippen molar-refractivity contribution in [3.8, 4) is 11.3 Å². The number of benzene rings is 2. The molecule has 0 atom stereocenters. The first-order valence-electron chi connectivity index (χ1n) is 6.65. The summed E-state index contributed by atoms with van der Waals surface area (Å²) in [5, 5.41) is 0. The lowest BCUT2D eigenvalue weighted by Gasteiger charge is -2.19. The van der Waals surface area contributed by atoms with E-state index < -0.39 is 0 Å². The number of nitrogens with zero attached hydrogens (tertiary/aromatic N) is 2. The molecule has 0 bridgehead atoms. The quantitative estimate of drug-likeness (QED) is 0.688. The smallest absolute Gasteiger partial charge is 0.0701 e. The fourth-order valence-corrected chi connectivity index (χ4v) is 2.19. The van der Waals surface area contributed by atoms with Gasteiger partial charge in [-0.1, -0.05) is 36.4 Å². The highest BCUT2D eigenvalue weighted by molar-refractivity contribution is 5.67. The van der Waals surface area contributed by atoms with Crippen LogP contribution in [0.1, 0.15) is 0 Å². The topological polar surface area (TPSA) is 16.1 Å². The maximum absolute atomic E-state index is 4.37. The van der Waals surface area contributed by atoms with Crippen LogP contribution in [0, 0.1) is 0 Å². The average molecular weight is 260 g/mol. The molecule has 1 aromatic heterocycles. The Kier molecular flexibility index (Phi) is 3.46. The molecular weight excluding hydrogens is 244 g/mol. The Bertz CT molecular complexity index is 661. The third kappa shape index (κ3) is 2.54. The predicted octanol–water partition coefficient (Wildman–Crippen LogP) is 4.52. The van der Waals surface area contributed by atoms with Crippen LogP contribution in [0.2, 0.25) is 0 Å². The molecule has 0 fully saturated rings. The van der Waals surface area contributed by atoms with Crippen LogP contribution in [-0.4, -0.2) is 12.0 Å². The highest BCUT2D eigenvalue weighted by Crippen LogP contribution is 2.25. The lowest BCUT2D eigenvalue weighted by Crippen LogP contribution is -2.08. The third-order valence-corrected chi connectivity index (χ3v) is 3.36. The number of rotatable bonds is 3. The van der Waals surface area contributed by atoms with Gasteiger partial charge in [-0.15, -0.1) is 0 Å². The van der Waals surface area contributed by atoms with Gasteiger partial charge >= 0.3 is 0 Å². The Hall–Kier alpha value is -2.61. The second-order valence-electron chi connectivity index (χ2n) is 4.66. The van der Waals surface area contributed by atoms with Gasteiger partial charge in [0.25, 0.3) is 0 Å². The van der Waals surface area contributed by atoms with Crippen molar-refractivity contribution in [2.75, 3.05) is 11.9 Å². The molecule has 0 amide bonds. The zero-order valence-electron chi connectivity index (χ0n) is 11.4. The molecule has 2 heteroatoms. The SMILES string of the molecule is CN(c1ccccc1)c1ccc(-c2ccccn2)cc1. The number of hydrogen-bond acceptors (Lipinski definition) is 2. The van der Waals surface area contributed by atoms with Gasteiger partial charge < -0.3 is 4.90 Å². The predicted molar refractivity (Wildman–Crippen MR) is 84.2 cm³/mol. The van der Waals surface area contributed by atoms with Crippen molar-refractivity contribution in [2.45, 2.75) is 0 Å². The lowest BCUT2D eigenvalue weighted by atomic mass is 10.1. The molecular formula is C18H16N2. The van der Waals surface area contributed by atoms with Crippen molar-refractivity contribution in [1.29, 1.82) is 0 Å². The Morgan fingerprint density at radius 2 is 1.35 bits per heavy atom. The average Bonchev–Trinajstić information content (AvgIpc) is 2.56. The summed E-state index contributed by atoms with van der Waals surface area (Å²) in [5.74, 6) is 0. The Morgan fingerprint density at radius 1 is 0.700 bits per heavy atom. The molecule has 3 rings (SSSR count). The fraction of sp³-hybridized carbons (Fsp3) is 0.0556. The summed E-state index contributed by atoms with van der Waals surface area (Å²) in [7, 11) is 2.07. The summed E-state index contributed by atoms with van der Waals surface area (Å²) < 4.78 is 0. The molecule has 0 radical (unpaired) electrons. The Labute approximate surface area is 119 Å². The zero-order valence-corrected chi connectivity index (χ0v) is 11.4. The van der Waals surface area contributed by atoms with Gasteiger partial charge in [0.1, 0.15) is 0 Å². The van der Waals surface area contributed by atoms with Crippen molar-refractivity contribution in [2.24, 2.45) is 0 Å². The summed E-state index contributed by atoms with van der Waals surface area (Å²) >= 11 is 0. The number of hydrogen-bond donors (Lipinski definition) is 0. The van der Waals surface area contributed by atoms with Gasteiger partial charge in [0.15, 0.2) is 0 Å². The summed E-state index contributed by atoms with van der Waals surface area (Å²) in [6.45, 7) is 0. The molecule has 0 unspecified atom stereocenters. The van der Waals surface area contributed by atoms with Gasteiger partial charge in [0.05, 0.1) is 5.69 Å². The molecule has 1 heterocycles. The van der Waals surface area contributed by atoms with Gasteiger partial charge in [-0.25, -0.2) is 0 Å². The molecule has 0 aliphatic heterocycles. The van der Waals surface area contributed by atoms with Crippen LogP contribution in [0.15, 0.2) is 79.0 Å². The normalized spacial score (nSPS) is 10.2. The molecule has 2 nitrogen and oxygen atoms in total. The van der Waals surface area contributed by atoms with Gasteiger partial charge in [0, 0.05) is 30.2 Å². The summed E-state index contributed by atoms with van der Waals surface area (Å²) in [5.41, 5.74) is 4.48. The van der Waals surface area contributed by atoms with Crippen LogP contribution in [0.25, 0.3) is 11.3 Å². The molecule has 0 N–H and O–H groups in total. The third-order valence-electron chi connectivity index (χ3n) is 3.36. The van der Waals surface area contributed by atoms with Gasteiger partial charge in [0.2, 0.25) is 0 Å². The second-order valence-corrected chi connectivity index (χ2v) is 4.66. The van der Waals surface area contributed by atoms with Gasteiger partial charge in [-0.05, 0) is 36.4 Å². The van der Waals surface area contributed by atoms with E-state index >= 15 is 0 Å². The molecule has 0 aliphatic carbocycles. The number of para-hydroxylation sites is 1. The monoisotopic (exact) mass is 260 g/mol. The van der Waals surface area contributed by atoms with Gasteiger partial charge in [-0.3, -0.25) is 4.98 Å². The highest BCUT2D eigenvalue weighted by atomic mass is 15.1. The minimum Gasteiger partial charge on any atom is -0.345 e. The molecule has 0 aliphatic rings. The number of pyridine rings is 1. The van der Waals surface area contributed by atoms with Crippen LogP contribution < -0.4 is 4.90 Å². The van der Waals surface area contributed by atoms with Gasteiger partial charge in [-0.2, -0.15) is 0 Å². The molecule has 0 saturated carbocycles. The number of anilines is 2. The van der Waals surface area contributed by atoms with E-state index in [9.17, 15) is 0 Å². The van der Waals surface area contributed by atoms with Crippen LogP contribution in [-0.2, 0) is 0 Å². The van der Waals surface area contributed by atoms with E-state index in [1.54, 1.807) is 0 Å². The first kappa shape index (κ1) is 12.4. The first-order chi connectivity index (χ1) is 9.84. The first-order valence-corrected chi connectivity index (χ1v) is 6.65. The minimum absolute atomic E-state index is 1.00. The van der Waals surface area contributed by atoms with E-state index in [1.807, 2.05) is 42.6 Å². The maximum Gasteiger partial charge on any atom is 0.0701 e. The fourth-order valence-electron chi connectivity index (χ4n) is 2.19. The Morgan fingerprint density at radius 3 is 2.00 bits per heavy atom. The highest BCUT2D eigenvalue weighted by Gasteiger charge is 2.04. The van der Waals surface area contributed by atoms with E-state index in [1.165, 1.54) is 5.69 Å². The molecule has 20 heavy (non-hydrogen) atoms. The minimum atomic E-state index is 1.00. The van der Waals surface area contributed by atoms with E-state index in [0.29, 0.717) is 0 Å². The molecule has 3 aromatic rings. The number of aromatic nitrogens is 1. The zero-order chi connectivity index (χ0) is 13.8. The summed E-state index contributed by atoms with van der Waals surface area (Å²) in [4.78, 5) is 6.54. The Balaban J connectivity index is 1.87. The van der Waals surface area contributed by atoms with Crippen molar-refractivity contribution in [3.05, 3.63) is 79.0 Å². The second kappa shape index (κ2) is 5.57. The largest absolute Gasteiger partial charge is 0.345 e. The van der Waals surface area contributed by atoms with Crippen molar-refractivity contribution >= 4 is 11.4 Å². The van der Waals surface area contributed by atoms with E-state index in [0.717, 1.165) is 16.9 Å². The van der Waals surface area contributed by atoms with Crippen molar-refractivity contribution in [1.82, 2.24) is 4.98 Å². The molecule has 98 valence electrons. The van der Waals surface area contributed by atoms with Crippen molar-refractivity contribution in [3.63, 3.8) is 0 Å². The van der Waals surface area contributed by atoms with Crippen LogP contribution in [0.4, 0.5) is 11.4 Å². The standard InChI is InChI=1S/C18H16N2/c1-20(16-7-3-2-4-8-16)17-12-10-15(11-13-17)18-9-5-6-14-19-18/h2-14H,1H3. The summed E-state index contributed by atoms with van der Waals surface area (Å²) in [6, 6.07) is 24.8. The van der Waals surface area contributed by atoms with E-state index in [-0.39, 0.29) is 0 Å². The van der Waals surface area contributed by atoms with Crippen LogP contribution in [0.3, 0.4) is 0 Å². The lowest BCUT2D eigenvalue weighted by molar-refractivity contribution is 1.21. The molecule has 0 spiro atoms. The molecule has 0 saturated heterocycles. The summed E-state index contributed by atoms with van der Waals surface area (Å²) in [6.07, 6.45) is 1.82. The van der Waals surface area contributed by atoms with E-state index in [2.05, 4.69) is 53.3 Å². The van der Waals surface area contributed by atoms with Crippen LogP contribution in [0.5, 0.6) is 0 Å². The maximum atomic E-state index is 4.37.